The molecule has 27 heavy (non-hydrogen) atoms. The number of carbonyl (C=O) groups is 1. The number of aliphatic hydroxyl groups is 1. The minimum absolute atomic E-state index is 0.0136. The van der Waals surface area contributed by atoms with Gasteiger partial charge >= 0.3 is 11.7 Å². The highest BCUT2D eigenvalue weighted by atomic mass is 19.1. The zero-order valence-electron chi connectivity index (χ0n) is 15.2. The van der Waals surface area contributed by atoms with E-state index in [0.717, 1.165) is 0 Å². The van der Waals surface area contributed by atoms with Gasteiger partial charge in [0, 0.05) is 6.54 Å². The third-order valence-corrected chi connectivity index (χ3v) is 4.46. The lowest BCUT2D eigenvalue weighted by molar-refractivity contribution is 0.0526. The molecule has 1 atom stereocenters. The number of nitrogens with zero attached hydrogens (tertiary/aromatic N) is 2. The summed E-state index contributed by atoms with van der Waals surface area (Å²) in [5.74, 6) is -0.869. The first kappa shape index (κ1) is 18.8. The molecule has 0 saturated carbocycles. The highest BCUT2D eigenvalue weighted by molar-refractivity contribution is 5.93. The summed E-state index contributed by atoms with van der Waals surface area (Å²) < 4.78 is 21.1. The van der Waals surface area contributed by atoms with Crippen LogP contribution in [-0.2, 0) is 17.8 Å². The Balaban J connectivity index is 2.05. The van der Waals surface area contributed by atoms with Crippen molar-refractivity contribution in [2.24, 2.45) is 0 Å². The Labute approximate surface area is 155 Å². The molecule has 0 amide bonds. The quantitative estimate of drug-likeness (QED) is 0.676. The molecule has 0 saturated heterocycles. The number of halogens is 1. The number of aryl methyl sites for hydroxylation is 1. The Hall–Kier alpha value is -2.93. The van der Waals surface area contributed by atoms with Gasteiger partial charge in [0.1, 0.15) is 5.82 Å². The Kier molecular flexibility index (Phi) is 5.41. The summed E-state index contributed by atoms with van der Waals surface area (Å²) in [5.41, 5.74) is 1.76. The van der Waals surface area contributed by atoms with Gasteiger partial charge in [-0.2, -0.15) is 0 Å². The van der Waals surface area contributed by atoms with Gasteiger partial charge < -0.3 is 9.84 Å². The fraction of sp³-hybridized carbons (Fsp3) is 0.300. The summed E-state index contributed by atoms with van der Waals surface area (Å²) in [6, 6.07) is 10.4. The second-order valence-corrected chi connectivity index (χ2v) is 6.13. The highest BCUT2D eigenvalue weighted by Crippen LogP contribution is 2.21. The third-order valence-electron chi connectivity index (χ3n) is 4.46. The molecule has 0 aliphatic rings. The number of esters is 1. The topological polar surface area (TPSA) is 73.5 Å². The summed E-state index contributed by atoms with van der Waals surface area (Å²) in [6.45, 7) is 4.26. The van der Waals surface area contributed by atoms with Crippen LogP contribution in [0.1, 0.15) is 35.9 Å². The van der Waals surface area contributed by atoms with Gasteiger partial charge in [-0.15, -0.1) is 0 Å². The van der Waals surface area contributed by atoms with E-state index >= 15 is 0 Å². The first-order valence-electron chi connectivity index (χ1n) is 8.80. The molecule has 0 bridgehead atoms. The number of fused-ring (bicyclic) bond motifs is 1. The number of ether oxygens (including phenoxy) is 1. The Morgan fingerprint density at radius 2 is 1.81 bits per heavy atom. The lowest BCUT2D eigenvalue weighted by Crippen LogP contribution is -2.26. The van der Waals surface area contributed by atoms with E-state index in [2.05, 4.69) is 0 Å². The number of imidazole rings is 1. The molecule has 3 rings (SSSR count). The molecule has 0 radical (unpaired) electrons. The molecular weight excluding hydrogens is 351 g/mol. The van der Waals surface area contributed by atoms with Crippen LogP contribution in [0.25, 0.3) is 11.0 Å². The Morgan fingerprint density at radius 1 is 1.11 bits per heavy atom. The predicted octanol–water partition coefficient (Wildman–Crippen LogP) is 2.87. The average Bonchev–Trinajstić information content (AvgIpc) is 2.93. The number of rotatable bonds is 6. The molecule has 2 aromatic carbocycles. The summed E-state index contributed by atoms with van der Waals surface area (Å²) in [7, 11) is 0. The van der Waals surface area contributed by atoms with E-state index in [4.69, 9.17) is 4.74 Å². The minimum atomic E-state index is -0.995. The van der Waals surface area contributed by atoms with Crippen molar-refractivity contribution in [2.75, 3.05) is 6.61 Å². The third kappa shape index (κ3) is 3.64. The van der Waals surface area contributed by atoms with Gasteiger partial charge in [0.05, 0.1) is 35.9 Å². The lowest BCUT2D eigenvalue weighted by atomic mass is 10.1. The van der Waals surface area contributed by atoms with E-state index in [-0.39, 0.29) is 18.8 Å². The minimum Gasteiger partial charge on any atom is -0.462 e. The van der Waals surface area contributed by atoms with Gasteiger partial charge in [-0.05, 0) is 49.7 Å². The largest absolute Gasteiger partial charge is 0.462 e. The normalized spacial score (nSPS) is 12.3. The van der Waals surface area contributed by atoms with Crippen LogP contribution in [0.2, 0.25) is 0 Å². The van der Waals surface area contributed by atoms with Crippen molar-refractivity contribution in [1.82, 2.24) is 9.13 Å². The van der Waals surface area contributed by atoms with Gasteiger partial charge in [0.15, 0.2) is 0 Å². The monoisotopic (exact) mass is 372 g/mol. The maximum Gasteiger partial charge on any atom is 0.338 e. The molecule has 3 aromatic rings. The number of aromatic nitrogens is 2. The Morgan fingerprint density at radius 3 is 2.44 bits per heavy atom. The summed E-state index contributed by atoms with van der Waals surface area (Å²) in [6.07, 6.45) is -0.995. The van der Waals surface area contributed by atoms with Crippen molar-refractivity contribution in [3.05, 3.63) is 69.9 Å². The molecule has 0 aliphatic heterocycles. The van der Waals surface area contributed by atoms with Gasteiger partial charge in [-0.25, -0.2) is 14.0 Å². The van der Waals surface area contributed by atoms with Crippen molar-refractivity contribution < 1.29 is 19.0 Å². The SMILES string of the molecule is CCOC(=O)c1ccc2c(c1)n(C[C@H](O)c1ccc(F)cc1)c(=O)n2CC. The van der Waals surface area contributed by atoms with E-state index in [1.54, 1.807) is 29.7 Å². The first-order valence-corrected chi connectivity index (χ1v) is 8.80. The van der Waals surface area contributed by atoms with Crippen molar-refractivity contribution in [1.29, 1.82) is 0 Å². The van der Waals surface area contributed by atoms with E-state index in [1.165, 1.54) is 28.8 Å². The highest BCUT2D eigenvalue weighted by Gasteiger charge is 2.18. The van der Waals surface area contributed by atoms with E-state index in [9.17, 15) is 19.1 Å². The molecular formula is C20H21FN2O4. The molecule has 7 heteroatoms. The van der Waals surface area contributed by atoms with Crippen LogP contribution in [0, 0.1) is 5.82 Å². The van der Waals surface area contributed by atoms with Crippen LogP contribution in [-0.4, -0.2) is 26.8 Å². The number of hydrogen-bond donors (Lipinski definition) is 1. The fourth-order valence-electron chi connectivity index (χ4n) is 3.11. The predicted molar refractivity (Wildman–Crippen MR) is 99.2 cm³/mol. The van der Waals surface area contributed by atoms with E-state index in [0.29, 0.717) is 28.7 Å². The van der Waals surface area contributed by atoms with Crippen molar-refractivity contribution in [3.8, 4) is 0 Å². The summed E-state index contributed by atoms with van der Waals surface area (Å²) in [4.78, 5) is 24.8. The van der Waals surface area contributed by atoms with Gasteiger partial charge in [-0.1, -0.05) is 12.1 Å². The lowest BCUT2D eigenvalue weighted by Gasteiger charge is -2.12. The molecule has 0 unspecified atom stereocenters. The van der Waals surface area contributed by atoms with Crippen LogP contribution < -0.4 is 5.69 Å². The van der Waals surface area contributed by atoms with Gasteiger partial charge in [0.25, 0.3) is 0 Å². The average molecular weight is 372 g/mol. The van der Waals surface area contributed by atoms with Crippen molar-refractivity contribution >= 4 is 17.0 Å². The molecule has 1 heterocycles. The zero-order valence-corrected chi connectivity index (χ0v) is 15.2. The standard InChI is InChI=1S/C20H21FN2O4/c1-3-22-16-10-7-14(19(25)27-4-2)11-17(16)23(20(22)26)12-18(24)13-5-8-15(21)9-6-13/h5-11,18,24H,3-4,12H2,1-2H3/t18-/m0/s1. The molecule has 0 aliphatic carbocycles. The van der Waals surface area contributed by atoms with Crippen LogP contribution in [0.4, 0.5) is 4.39 Å². The van der Waals surface area contributed by atoms with Crippen LogP contribution in [0.3, 0.4) is 0 Å². The Bertz CT molecular complexity index is 1020. The van der Waals surface area contributed by atoms with Crippen LogP contribution >= 0.6 is 0 Å². The number of aliphatic hydroxyl groups excluding tert-OH is 1. The number of benzene rings is 2. The van der Waals surface area contributed by atoms with Crippen molar-refractivity contribution in [2.45, 2.75) is 33.0 Å². The van der Waals surface area contributed by atoms with Crippen LogP contribution in [0.5, 0.6) is 0 Å². The molecule has 1 N–H and O–H groups in total. The van der Waals surface area contributed by atoms with Gasteiger partial charge in [0.2, 0.25) is 0 Å². The molecule has 142 valence electrons. The maximum atomic E-state index is 13.1. The van der Waals surface area contributed by atoms with Crippen molar-refractivity contribution in [3.63, 3.8) is 0 Å². The van der Waals surface area contributed by atoms with Crippen LogP contribution in [0.15, 0.2) is 47.3 Å². The zero-order chi connectivity index (χ0) is 19.6. The van der Waals surface area contributed by atoms with Gasteiger partial charge in [-0.3, -0.25) is 9.13 Å². The van der Waals surface area contributed by atoms with E-state index < -0.39 is 17.9 Å². The summed E-state index contributed by atoms with van der Waals surface area (Å²) in [5, 5.41) is 10.5. The van der Waals surface area contributed by atoms with E-state index in [1.807, 2.05) is 6.92 Å². The smallest absolute Gasteiger partial charge is 0.338 e. The fourth-order valence-corrected chi connectivity index (χ4v) is 3.11. The molecule has 0 fully saturated rings. The molecule has 1 aromatic heterocycles. The molecule has 0 spiro atoms. The number of hydrogen-bond acceptors (Lipinski definition) is 4. The number of carbonyl (C=O) groups excluding carboxylic acids is 1. The first-order chi connectivity index (χ1) is 13.0. The second kappa shape index (κ2) is 7.75. The maximum absolute atomic E-state index is 13.1. The second-order valence-electron chi connectivity index (χ2n) is 6.13. The summed E-state index contributed by atoms with van der Waals surface area (Å²) >= 11 is 0. The molecule has 6 nitrogen and oxygen atoms in total.